The zero-order valence-electron chi connectivity index (χ0n) is 4.39. The highest BCUT2D eigenvalue weighted by Gasteiger charge is 1.96. The van der Waals surface area contributed by atoms with E-state index in [1.807, 2.05) is 12.2 Å². The first-order chi connectivity index (χ1) is 3.93. The third-order valence-corrected chi connectivity index (χ3v) is 1.17. The van der Waals surface area contributed by atoms with E-state index >= 15 is 0 Å². The van der Waals surface area contributed by atoms with Crippen LogP contribution < -0.4 is 0 Å². The molecule has 0 aliphatic carbocycles. The molecule has 0 radical (unpaired) electrons. The summed E-state index contributed by atoms with van der Waals surface area (Å²) in [7, 11) is 0. The Labute approximate surface area is 53.7 Å². The molecule has 0 aromatic heterocycles. The molecule has 2 heteroatoms. The summed E-state index contributed by atoms with van der Waals surface area (Å²) in [6.07, 6.45) is 4.80. The van der Waals surface area contributed by atoms with E-state index < -0.39 is 0 Å². The second-order valence-electron chi connectivity index (χ2n) is 1.51. The maximum atomic E-state index is 5.04. The minimum atomic E-state index is 0.652. The molecule has 8 heavy (non-hydrogen) atoms. The summed E-state index contributed by atoms with van der Waals surface area (Å²) in [6, 6.07) is 0. The van der Waals surface area contributed by atoms with Gasteiger partial charge in [0.15, 0.2) is 5.76 Å². The number of allylic oxidation sites excluding steroid dienone is 1. The predicted molar refractivity (Wildman–Crippen MR) is 35.8 cm³/mol. The maximum absolute atomic E-state index is 5.04. The van der Waals surface area contributed by atoms with Crippen LogP contribution in [0.4, 0.5) is 0 Å². The van der Waals surface area contributed by atoms with Gasteiger partial charge in [0.1, 0.15) is 6.61 Å². The predicted octanol–water partition coefficient (Wildman–Crippen LogP) is 1.45. The summed E-state index contributed by atoms with van der Waals surface area (Å²) in [6.45, 7) is 0.652. The average Bonchev–Trinajstić information content (AvgIpc) is 1.90. The number of hydrogen-bond acceptors (Lipinski definition) is 2. The van der Waals surface area contributed by atoms with E-state index in [4.69, 9.17) is 4.74 Å². The van der Waals surface area contributed by atoms with E-state index in [0.717, 1.165) is 12.2 Å². The Kier molecular flexibility index (Phi) is 1.84. The van der Waals surface area contributed by atoms with E-state index in [-0.39, 0.29) is 0 Å². The second kappa shape index (κ2) is 2.65. The molecule has 1 aliphatic heterocycles. The Morgan fingerprint density at radius 3 is 2.88 bits per heavy atom. The molecular weight excluding hydrogens is 120 g/mol. The molecule has 1 aliphatic rings. The van der Waals surface area contributed by atoms with Gasteiger partial charge in [0.05, 0.1) is 0 Å². The van der Waals surface area contributed by atoms with E-state index in [9.17, 15) is 0 Å². The molecule has 42 valence electrons. The first kappa shape index (κ1) is 5.54. The van der Waals surface area contributed by atoms with Crippen LogP contribution in [-0.2, 0) is 4.74 Å². The Bertz CT molecular complexity index is 154. The van der Waals surface area contributed by atoms with Gasteiger partial charge in [-0.1, -0.05) is 12.2 Å². The van der Waals surface area contributed by atoms with Crippen LogP contribution in [-0.4, -0.2) is 11.6 Å². The van der Waals surface area contributed by atoms with Crippen molar-refractivity contribution in [1.29, 1.82) is 0 Å². The number of thiocarbonyl (C=S) groups is 1. The van der Waals surface area contributed by atoms with E-state index in [1.54, 1.807) is 0 Å². The van der Waals surface area contributed by atoms with Gasteiger partial charge >= 0.3 is 0 Å². The van der Waals surface area contributed by atoms with Gasteiger partial charge in [-0.2, -0.15) is 0 Å². The van der Waals surface area contributed by atoms with Crippen molar-refractivity contribution in [3.63, 3.8) is 0 Å². The third-order valence-electron chi connectivity index (χ3n) is 0.938. The van der Waals surface area contributed by atoms with Crippen molar-refractivity contribution in [2.75, 3.05) is 6.61 Å². The van der Waals surface area contributed by atoms with Crippen molar-refractivity contribution >= 4 is 17.2 Å². The van der Waals surface area contributed by atoms with Gasteiger partial charge in [0, 0.05) is 6.42 Å². The monoisotopic (exact) mass is 126 g/mol. The van der Waals surface area contributed by atoms with Crippen LogP contribution in [0.15, 0.2) is 17.9 Å². The van der Waals surface area contributed by atoms with Gasteiger partial charge in [0.2, 0.25) is 0 Å². The Morgan fingerprint density at radius 1 is 1.62 bits per heavy atom. The minimum Gasteiger partial charge on any atom is -0.485 e. The Hall–Kier alpha value is -0.590. The van der Waals surface area contributed by atoms with Crippen molar-refractivity contribution in [2.24, 2.45) is 0 Å². The molecule has 1 heterocycles. The molecule has 0 aromatic carbocycles. The van der Waals surface area contributed by atoms with Gasteiger partial charge in [0.25, 0.3) is 0 Å². The standard InChI is InChI=1S/C6H6OS/c8-5-6-3-1-2-4-7-6/h1-2H,3-4H2. The van der Waals surface area contributed by atoms with Gasteiger partial charge < -0.3 is 4.74 Å². The zero-order valence-corrected chi connectivity index (χ0v) is 5.20. The van der Waals surface area contributed by atoms with Crippen molar-refractivity contribution in [3.05, 3.63) is 17.9 Å². The largest absolute Gasteiger partial charge is 0.485 e. The van der Waals surface area contributed by atoms with E-state index in [1.165, 1.54) is 0 Å². The summed E-state index contributed by atoms with van der Waals surface area (Å²) < 4.78 is 5.04. The minimum absolute atomic E-state index is 0.652. The molecule has 0 spiro atoms. The van der Waals surface area contributed by atoms with Crippen LogP contribution in [0.3, 0.4) is 0 Å². The lowest BCUT2D eigenvalue weighted by Gasteiger charge is -2.06. The highest BCUT2D eigenvalue weighted by molar-refractivity contribution is 7.78. The van der Waals surface area contributed by atoms with Crippen LogP contribution in [0.25, 0.3) is 0 Å². The average molecular weight is 126 g/mol. The SMILES string of the molecule is S=C=C1CC=CCO1. The summed E-state index contributed by atoms with van der Waals surface area (Å²) >= 11 is 4.53. The third kappa shape index (κ3) is 1.19. The fraction of sp³-hybridized carbons (Fsp3) is 0.333. The van der Waals surface area contributed by atoms with Crippen LogP contribution in [0.5, 0.6) is 0 Å². The molecule has 1 nitrogen and oxygen atoms in total. The van der Waals surface area contributed by atoms with Gasteiger partial charge in [-0.3, -0.25) is 0 Å². The van der Waals surface area contributed by atoms with Crippen molar-refractivity contribution in [1.82, 2.24) is 0 Å². The van der Waals surface area contributed by atoms with Gasteiger partial charge in [-0.05, 0) is 17.2 Å². The summed E-state index contributed by atoms with van der Waals surface area (Å²) in [4.78, 5) is 0. The van der Waals surface area contributed by atoms with Crippen LogP contribution in [0.2, 0.25) is 0 Å². The fourth-order valence-electron chi connectivity index (χ4n) is 0.537. The number of rotatable bonds is 0. The molecule has 0 saturated carbocycles. The first-order valence-electron chi connectivity index (χ1n) is 2.45. The Morgan fingerprint density at radius 2 is 2.50 bits per heavy atom. The molecule has 0 aromatic rings. The highest BCUT2D eigenvalue weighted by Crippen LogP contribution is 2.05. The van der Waals surface area contributed by atoms with Crippen LogP contribution in [0.1, 0.15) is 6.42 Å². The van der Waals surface area contributed by atoms with Crippen molar-refractivity contribution in [3.8, 4) is 0 Å². The smallest absolute Gasteiger partial charge is 0.153 e. The van der Waals surface area contributed by atoms with E-state index in [0.29, 0.717) is 6.61 Å². The molecule has 0 bridgehead atoms. The number of hydrogen-bond donors (Lipinski definition) is 0. The normalized spacial score (nSPS) is 17.2. The zero-order chi connectivity index (χ0) is 5.82. The Balaban J connectivity index is 2.63. The molecule has 1 rings (SSSR count). The summed E-state index contributed by atoms with van der Waals surface area (Å²) in [5.74, 6) is 0.780. The molecule has 0 unspecified atom stereocenters. The lowest BCUT2D eigenvalue weighted by molar-refractivity contribution is 0.240. The second-order valence-corrected chi connectivity index (χ2v) is 1.72. The summed E-state index contributed by atoms with van der Waals surface area (Å²) in [5.41, 5.74) is 0. The highest BCUT2D eigenvalue weighted by atomic mass is 32.1. The lowest BCUT2D eigenvalue weighted by atomic mass is 10.3. The van der Waals surface area contributed by atoms with Crippen LogP contribution >= 0.6 is 12.2 Å². The van der Waals surface area contributed by atoms with Gasteiger partial charge in [-0.15, -0.1) is 0 Å². The van der Waals surface area contributed by atoms with Crippen molar-refractivity contribution in [2.45, 2.75) is 6.42 Å². The van der Waals surface area contributed by atoms with Gasteiger partial charge in [-0.25, -0.2) is 0 Å². The topological polar surface area (TPSA) is 9.23 Å². The molecule has 0 atom stereocenters. The maximum Gasteiger partial charge on any atom is 0.153 e. The van der Waals surface area contributed by atoms with E-state index in [2.05, 4.69) is 17.2 Å². The molecule has 0 amide bonds. The summed E-state index contributed by atoms with van der Waals surface area (Å²) in [5, 5.41) is 2.53. The molecule has 0 N–H and O–H groups in total. The molecule has 0 saturated heterocycles. The molecule has 0 fully saturated rings. The number of ether oxygens (including phenoxy) is 1. The quantitative estimate of drug-likeness (QED) is 0.359. The van der Waals surface area contributed by atoms with Crippen LogP contribution in [0, 0.1) is 0 Å². The van der Waals surface area contributed by atoms with Crippen molar-refractivity contribution < 1.29 is 4.74 Å². The lowest BCUT2D eigenvalue weighted by Crippen LogP contribution is -1.96. The first-order valence-corrected chi connectivity index (χ1v) is 2.86. The molecular formula is C6H6OS. The fourth-order valence-corrected chi connectivity index (χ4v) is 0.679.